The number of rotatable bonds is 7. The Hall–Kier alpha value is -2.62. The van der Waals surface area contributed by atoms with Crippen molar-refractivity contribution in [3.8, 4) is 23.0 Å². The lowest BCUT2D eigenvalue weighted by molar-refractivity contribution is 0.0678. The zero-order valence-corrected chi connectivity index (χ0v) is 14.2. The lowest BCUT2D eigenvalue weighted by Crippen LogP contribution is -2.01. The van der Waals surface area contributed by atoms with E-state index >= 15 is 0 Å². The van der Waals surface area contributed by atoms with Crippen molar-refractivity contribution in [3.63, 3.8) is 0 Å². The van der Waals surface area contributed by atoms with Gasteiger partial charge in [0.1, 0.15) is 17.3 Å². The zero-order chi connectivity index (χ0) is 17.8. The summed E-state index contributed by atoms with van der Waals surface area (Å²) in [6.07, 6.45) is 2.55. The summed E-state index contributed by atoms with van der Waals surface area (Å²) in [4.78, 5) is 3.90. The van der Waals surface area contributed by atoms with Gasteiger partial charge < -0.3 is 13.9 Å². The molecule has 25 heavy (non-hydrogen) atoms. The number of hydrogen-bond donors (Lipinski definition) is 0. The van der Waals surface area contributed by atoms with Gasteiger partial charge in [-0.3, -0.25) is 4.57 Å². The molecule has 0 bridgehead atoms. The van der Waals surface area contributed by atoms with Crippen LogP contribution in [0.25, 0.3) is 11.5 Å². The molecule has 3 aromatic rings. The van der Waals surface area contributed by atoms with E-state index in [1.54, 1.807) is 25.3 Å². The minimum Gasteiger partial charge on any atom is -0.497 e. The minimum absolute atomic E-state index is 0.179. The second-order valence-electron chi connectivity index (χ2n) is 4.76. The average molecular weight is 368 g/mol. The van der Waals surface area contributed by atoms with Crippen LogP contribution in [-0.4, -0.2) is 34.0 Å². The van der Waals surface area contributed by atoms with Crippen LogP contribution in [0.4, 0.5) is 8.78 Å². The molecule has 0 spiro atoms. The third-order valence-electron chi connectivity index (χ3n) is 3.33. The third kappa shape index (κ3) is 3.73. The molecule has 0 amide bonds. The zero-order valence-electron chi connectivity index (χ0n) is 13.3. The first-order chi connectivity index (χ1) is 12.1. The number of nitrogens with zero attached hydrogens (tertiary/aromatic N) is 4. The molecule has 0 atom stereocenters. The Morgan fingerprint density at radius 1 is 1.24 bits per heavy atom. The Balaban J connectivity index is 1.75. The van der Waals surface area contributed by atoms with Gasteiger partial charge in [-0.05, 0) is 12.1 Å². The van der Waals surface area contributed by atoms with Crippen molar-refractivity contribution in [2.75, 3.05) is 14.2 Å². The van der Waals surface area contributed by atoms with Crippen LogP contribution in [-0.2, 0) is 5.75 Å². The summed E-state index contributed by atoms with van der Waals surface area (Å²) in [5, 5.41) is 8.14. The molecule has 2 aromatic heterocycles. The average Bonchev–Trinajstić information content (AvgIpc) is 3.28. The lowest BCUT2D eigenvalue weighted by atomic mass is 10.2. The molecule has 0 radical (unpaired) electrons. The smallest absolute Gasteiger partial charge is 0.319 e. The van der Waals surface area contributed by atoms with E-state index in [9.17, 15) is 8.78 Å². The van der Waals surface area contributed by atoms with E-state index in [0.717, 1.165) is 16.3 Å². The van der Waals surface area contributed by atoms with E-state index < -0.39 is 6.55 Å². The first-order valence-electron chi connectivity index (χ1n) is 7.11. The number of thioether (sulfide) groups is 1. The van der Waals surface area contributed by atoms with Gasteiger partial charge in [0.15, 0.2) is 0 Å². The molecular weight excluding hydrogens is 354 g/mol. The molecule has 2 heterocycles. The van der Waals surface area contributed by atoms with Crippen molar-refractivity contribution in [1.29, 1.82) is 0 Å². The first kappa shape index (κ1) is 17.2. The highest BCUT2D eigenvalue weighted by Gasteiger charge is 2.16. The quantitative estimate of drug-likeness (QED) is 0.589. The predicted molar refractivity (Wildman–Crippen MR) is 85.9 cm³/mol. The van der Waals surface area contributed by atoms with Gasteiger partial charge in [0.05, 0.1) is 25.5 Å². The maximum atomic E-state index is 12.8. The summed E-state index contributed by atoms with van der Waals surface area (Å²) in [5.41, 5.74) is 0.608. The summed E-state index contributed by atoms with van der Waals surface area (Å²) in [6.45, 7) is -2.64. The van der Waals surface area contributed by atoms with Gasteiger partial charge in [-0.2, -0.15) is 8.78 Å². The molecule has 0 fully saturated rings. The summed E-state index contributed by atoms with van der Waals surface area (Å²) < 4.78 is 42.4. The van der Waals surface area contributed by atoms with Crippen LogP contribution >= 0.6 is 11.8 Å². The van der Waals surface area contributed by atoms with E-state index in [0.29, 0.717) is 17.1 Å². The molecule has 0 N–H and O–H groups in total. The second-order valence-corrected chi connectivity index (χ2v) is 5.68. The Bertz CT molecular complexity index is 853. The van der Waals surface area contributed by atoms with E-state index in [1.165, 1.54) is 19.5 Å². The molecule has 1 aromatic carbocycles. The fourth-order valence-electron chi connectivity index (χ4n) is 2.11. The molecule has 132 valence electrons. The molecule has 7 nitrogen and oxygen atoms in total. The summed E-state index contributed by atoms with van der Waals surface area (Å²) in [6, 6.07) is 5.18. The van der Waals surface area contributed by atoms with Crippen molar-refractivity contribution < 1.29 is 22.7 Å². The van der Waals surface area contributed by atoms with Crippen molar-refractivity contribution in [1.82, 2.24) is 19.7 Å². The van der Waals surface area contributed by atoms with E-state index in [4.69, 9.17) is 13.9 Å². The Kier molecular flexibility index (Phi) is 5.17. The predicted octanol–water partition coefficient (Wildman–Crippen LogP) is 3.64. The highest BCUT2D eigenvalue weighted by molar-refractivity contribution is 7.98. The van der Waals surface area contributed by atoms with Crippen LogP contribution in [0.2, 0.25) is 0 Å². The number of imidazole rings is 1. The highest BCUT2D eigenvalue weighted by Crippen LogP contribution is 2.34. The van der Waals surface area contributed by atoms with Crippen molar-refractivity contribution in [3.05, 3.63) is 36.4 Å². The number of ether oxygens (including phenoxy) is 2. The fraction of sp³-hybridized carbons (Fsp3) is 0.267. The molecular formula is C15H14F2N4O3S. The molecule has 0 aliphatic carbocycles. The van der Waals surface area contributed by atoms with Crippen LogP contribution in [0.1, 0.15) is 12.4 Å². The normalized spacial score (nSPS) is 11.1. The van der Waals surface area contributed by atoms with Gasteiger partial charge in [0, 0.05) is 18.5 Å². The maximum Gasteiger partial charge on any atom is 0.319 e. The van der Waals surface area contributed by atoms with Crippen LogP contribution in [0.3, 0.4) is 0 Å². The van der Waals surface area contributed by atoms with E-state index in [-0.39, 0.29) is 22.7 Å². The van der Waals surface area contributed by atoms with Gasteiger partial charge in [-0.25, -0.2) is 4.98 Å². The number of benzene rings is 1. The minimum atomic E-state index is -2.64. The summed E-state index contributed by atoms with van der Waals surface area (Å²) >= 11 is 1.12. The molecule has 0 aliphatic heterocycles. The van der Waals surface area contributed by atoms with Crippen LogP contribution in [0.15, 0.2) is 40.2 Å². The van der Waals surface area contributed by atoms with E-state index in [2.05, 4.69) is 15.2 Å². The molecule has 0 aliphatic rings. The SMILES string of the molecule is COc1ccc(-c2nnc(SCc3nccn3C(F)F)o2)c(OC)c1. The van der Waals surface area contributed by atoms with E-state index in [1.807, 2.05) is 0 Å². The summed E-state index contributed by atoms with van der Waals surface area (Å²) in [7, 11) is 3.08. The standard InChI is InChI=1S/C15H14F2N4O3S/c1-22-9-3-4-10(11(7-9)23-2)13-19-20-15(24-13)25-8-12-18-5-6-21(12)14(16)17/h3-7,14H,8H2,1-2H3. The third-order valence-corrected chi connectivity index (χ3v) is 4.14. The van der Waals surface area contributed by atoms with Crippen LogP contribution < -0.4 is 9.47 Å². The maximum absolute atomic E-state index is 12.8. The molecule has 0 saturated heterocycles. The Labute approximate surface area is 146 Å². The monoisotopic (exact) mass is 368 g/mol. The number of methoxy groups -OCH3 is 2. The number of halogens is 2. The number of alkyl halides is 2. The lowest BCUT2D eigenvalue weighted by Gasteiger charge is -2.07. The van der Waals surface area contributed by atoms with Gasteiger partial charge in [0.25, 0.3) is 11.1 Å². The summed E-state index contributed by atoms with van der Waals surface area (Å²) in [5.74, 6) is 1.82. The van der Waals surface area contributed by atoms with Crippen molar-refractivity contribution in [2.24, 2.45) is 0 Å². The molecule has 3 rings (SSSR count). The highest BCUT2D eigenvalue weighted by atomic mass is 32.2. The van der Waals surface area contributed by atoms with Crippen LogP contribution in [0.5, 0.6) is 11.5 Å². The number of hydrogen-bond acceptors (Lipinski definition) is 7. The molecule has 10 heteroatoms. The largest absolute Gasteiger partial charge is 0.497 e. The van der Waals surface area contributed by atoms with Gasteiger partial charge in [0.2, 0.25) is 0 Å². The van der Waals surface area contributed by atoms with Crippen LogP contribution in [0, 0.1) is 0 Å². The molecule has 0 unspecified atom stereocenters. The second kappa shape index (κ2) is 7.51. The van der Waals surface area contributed by atoms with Crippen molar-refractivity contribution >= 4 is 11.8 Å². The Morgan fingerprint density at radius 2 is 2.08 bits per heavy atom. The first-order valence-corrected chi connectivity index (χ1v) is 8.09. The molecule has 0 saturated carbocycles. The Morgan fingerprint density at radius 3 is 2.80 bits per heavy atom. The van der Waals surface area contributed by atoms with Gasteiger partial charge >= 0.3 is 6.55 Å². The van der Waals surface area contributed by atoms with Gasteiger partial charge in [-0.15, -0.1) is 10.2 Å². The number of aromatic nitrogens is 4. The topological polar surface area (TPSA) is 75.2 Å². The van der Waals surface area contributed by atoms with Gasteiger partial charge in [-0.1, -0.05) is 11.8 Å². The fourth-order valence-corrected chi connectivity index (χ4v) is 2.82. The van der Waals surface area contributed by atoms with Crippen molar-refractivity contribution in [2.45, 2.75) is 17.5 Å².